The summed E-state index contributed by atoms with van der Waals surface area (Å²) in [6.07, 6.45) is 5.55. The highest BCUT2D eigenvalue weighted by Crippen LogP contribution is 2.65. The number of ether oxygens (including phenoxy) is 1. The monoisotopic (exact) mass is 482 g/mol. The summed E-state index contributed by atoms with van der Waals surface area (Å²) < 4.78 is 5.57. The largest absolute Gasteiger partial charge is 0.426 e. The lowest BCUT2D eigenvalue weighted by atomic mass is 9.63. The van der Waals surface area contributed by atoms with Crippen LogP contribution < -0.4 is 14.5 Å². The van der Waals surface area contributed by atoms with Crippen molar-refractivity contribution in [3.05, 3.63) is 66.2 Å². The second kappa shape index (κ2) is 7.63. The van der Waals surface area contributed by atoms with E-state index in [2.05, 4.69) is 12.2 Å². The van der Waals surface area contributed by atoms with E-state index in [1.165, 1.54) is 4.90 Å². The Morgan fingerprint density at radius 2 is 1.53 bits per heavy atom. The van der Waals surface area contributed by atoms with E-state index in [1.807, 2.05) is 31.2 Å². The summed E-state index contributed by atoms with van der Waals surface area (Å²) in [5.74, 6) is -0.0345. The number of imide groups is 1. The molecule has 7 atom stereocenters. The van der Waals surface area contributed by atoms with Crippen LogP contribution in [0.4, 0.5) is 11.4 Å². The summed E-state index contributed by atoms with van der Waals surface area (Å²) in [6.45, 7) is 2.21. The molecule has 4 aliphatic carbocycles. The van der Waals surface area contributed by atoms with E-state index in [-0.39, 0.29) is 54.4 Å². The molecule has 7 nitrogen and oxygen atoms in total. The van der Waals surface area contributed by atoms with Gasteiger partial charge in [0.05, 0.1) is 23.4 Å². The number of carbonyl (C=O) groups is 4. The first-order valence-corrected chi connectivity index (χ1v) is 12.7. The van der Waals surface area contributed by atoms with Crippen molar-refractivity contribution in [2.24, 2.45) is 41.4 Å². The van der Waals surface area contributed by atoms with Gasteiger partial charge in [-0.2, -0.15) is 0 Å². The average molecular weight is 483 g/mol. The van der Waals surface area contributed by atoms with Crippen LogP contribution in [0.3, 0.4) is 0 Å². The lowest BCUT2D eigenvalue weighted by Gasteiger charge is -2.37. The predicted molar refractivity (Wildman–Crippen MR) is 131 cm³/mol. The Morgan fingerprint density at radius 1 is 0.889 bits per heavy atom. The number of hydrogen-bond donors (Lipinski definition) is 0. The van der Waals surface area contributed by atoms with Crippen LogP contribution in [0.25, 0.3) is 0 Å². The number of para-hydroxylation sites is 1. The van der Waals surface area contributed by atoms with Gasteiger partial charge in [-0.1, -0.05) is 30.4 Å². The van der Waals surface area contributed by atoms with E-state index in [1.54, 1.807) is 29.2 Å². The van der Waals surface area contributed by atoms with Gasteiger partial charge in [-0.25, -0.2) is 0 Å². The number of esters is 1. The Kier molecular flexibility index (Phi) is 4.56. The van der Waals surface area contributed by atoms with Gasteiger partial charge >= 0.3 is 5.97 Å². The van der Waals surface area contributed by atoms with Crippen LogP contribution in [0.2, 0.25) is 0 Å². The molecule has 6 aliphatic rings. The van der Waals surface area contributed by atoms with Crippen LogP contribution in [-0.2, 0) is 19.2 Å². The summed E-state index contributed by atoms with van der Waals surface area (Å²) in [4.78, 5) is 55.0. The zero-order valence-electron chi connectivity index (χ0n) is 19.9. The molecule has 0 spiro atoms. The van der Waals surface area contributed by atoms with Crippen LogP contribution in [0, 0.1) is 48.3 Å². The fourth-order valence-electron chi connectivity index (χ4n) is 7.04. The van der Waals surface area contributed by atoms with Crippen LogP contribution in [0.15, 0.2) is 60.7 Å². The fraction of sp³-hybridized carbons (Fsp3) is 0.379. The lowest BCUT2D eigenvalue weighted by molar-refractivity contribution is -0.139. The van der Waals surface area contributed by atoms with Gasteiger partial charge < -0.3 is 9.64 Å². The van der Waals surface area contributed by atoms with Crippen LogP contribution in [-0.4, -0.2) is 30.2 Å². The number of carbonyl (C=O) groups excluding carboxylic acids is 4. The minimum absolute atomic E-state index is 0.100. The Hall–Kier alpha value is -3.74. The maximum atomic E-state index is 13.3. The Balaban J connectivity index is 1.04. The second-order valence-electron chi connectivity index (χ2n) is 10.8. The third-order valence-corrected chi connectivity index (χ3v) is 8.84. The highest BCUT2D eigenvalue weighted by molar-refractivity contribution is 6.22. The molecule has 36 heavy (non-hydrogen) atoms. The first-order valence-electron chi connectivity index (χ1n) is 12.7. The van der Waals surface area contributed by atoms with Crippen molar-refractivity contribution >= 4 is 35.1 Å². The van der Waals surface area contributed by atoms with E-state index in [9.17, 15) is 19.2 Å². The molecule has 2 saturated carbocycles. The van der Waals surface area contributed by atoms with Gasteiger partial charge in [0.1, 0.15) is 5.75 Å². The predicted octanol–water partition coefficient (Wildman–Crippen LogP) is 3.51. The number of amides is 3. The van der Waals surface area contributed by atoms with Gasteiger partial charge in [0.25, 0.3) is 0 Å². The topological polar surface area (TPSA) is 84.0 Å². The van der Waals surface area contributed by atoms with Crippen molar-refractivity contribution in [3.8, 4) is 5.75 Å². The molecule has 0 unspecified atom stereocenters. The quantitative estimate of drug-likeness (QED) is 0.288. The van der Waals surface area contributed by atoms with Crippen molar-refractivity contribution in [1.82, 2.24) is 0 Å². The zero-order valence-corrected chi connectivity index (χ0v) is 19.9. The van der Waals surface area contributed by atoms with Crippen molar-refractivity contribution < 1.29 is 23.9 Å². The summed E-state index contributed by atoms with van der Waals surface area (Å²) in [7, 11) is 0. The molecule has 182 valence electrons. The van der Waals surface area contributed by atoms with Gasteiger partial charge in [0.15, 0.2) is 0 Å². The van der Waals surface area contributed by atoms with Crippen molar-refractivity contribution in [2.45, 2.75) is 19.8 Å². The molecule has 3 amide bonds. The minimum atomic E-state index is -0.559. The molecule has 0 radical (unpaired) electrons. The summed E-state index contributed by atoms with van der Waals surface area (Å²) in [5.41, 5.74) is 2.29. The molecular weight excluding hydrogens is 456 g/mol. The number of benzene rings is 2. The van der Waals surface area contributed by atoms with Crippen LogP contribution in [0.5, 0.6) is 5.75 Å². The first kappa shape index (κ1) is 21.5. The van der Waals surface area contributed by atoms with Gasteiger partial charge in [-0.15, -0.1) is 0 Å². The molecule has 0 aromatic heterocycles. The highest BCUT2D eigenvalue weighted by Gasteiger charge is 2.67. The fourth-order valence-corrected chi connectivity index (χ4v) is 7.04. The van der Waals surface area contributed by atoms with E-state index >= 15 is 0 Å². The Bertz CT molecular complexity index is 1310. The number of hydrogen-bond acceptors (Lipinski definition) is 5. The first-order chi connectivity index (χ1) is 17.4. The summed E-state index contributed by atoms with van der Waals surface area (Å²) >= 11 is 0. The molecular formula is C29H26N2O5. The molecule has 2 aromatic carbocycles. The molecule has 2 bridgehead atoms. The Morgan fingerprint density at radius 3 is 2.17 bits per heavy atom. The molecule has 4 fully saturated rings. The van der Waals surface area contributed by atoms with Crippen LogP contribution in [0.1, 0.15) is 18.4 Å². The molecule has 7 heteroatoms. The lowest BCUT2D eigenvalue weighted by Crippen LogP contribution is -2.40. The second-order valence-corrected chi connectivity index (χ2v) is 10.8. The Labute approximate surface area is 208 Å². The molecule has 8 rings (SSSR count). The van der Waals surface area contributed by atoms with Gasteiger partial charge in [0, 0.05) is 18.7 Å². The zero-order chi connectivity index (χ0) is 24.7. The summed E-state index contributed by atoms with van der Waals surface area (Å²) in [5, 5.41) is 0. The standard InChI is InChI=1S/C29H26N2O5/c1-15-4-2-3-5-23(15)30-14-16(12-24(30)32)29(35)36-18-8-6-17(7-9-18)31-27(33)25-19-10-11-20(22-13-21(19)22)26(25)28(31)34/h2-11,16,19-22,25-26H,12-14H2,1H3/t16-,19+,20+,21+,22+,25-,26+/m1/s1. The van der Waals surface area contributed by atoms with Gasteiger partial charge in [0.2, 0.25) is 17.7 Å². The molecule has 2 aromatic rings. The number of anilines is 2. The van der Waals surface area contributed by atoms with Crippen LogP contribution >= 0.6 is 0 Å². The van der Waals surface area contributed by atoms with E-state index in [0.29, 0.717) is 23.3 Å². The number of aryl methyl sites for hydroxylation is 1. The number of nitrogens with zero attached hydrogens (tertiary/aromatic N) is 2. The SMILES string of the molecule is Cc1ccccc1N1C[C@H](C(=O)Oc2ccc(N3C(=O)[C@@H]4[C@H]5C=C[C@@H]([C@@H]6C[C@@H]56)[C@@H]4C3=O)cc2)CC1=O. The maximum absolute atomic E-state index is 13.3. The molecule has 2 saturated heterocycles. The number of allylic oxidation sites excluding steroid dienone is 2. The summed E-state index contributed by atoms with van der Waals surface area (Å²) in [6, 6.07) is 14.1. The normalized spacial score (nSPS) is 33.7. The highest BCUT2D eigenvalue weighted by atomic mass is 16.5. The van der Waals surface area contributed by atoms with E-state index in [4.69, 9.17) is 4.74 Å². The average Bonchev–Trinajstić information content (AvgIpc) is 3.56. The third-order valence-electron chi connectivity index (χ3n) is 8.84. The third kappa shape index (κ3) is 3.04. The van der Waals surface area contributed by atoms with Crippen molar-refractivity contribution in [2.75, 3.05) is 16.3 Å². The number of rotatable bonds is 4. The van der Waals surface area contributed by atoms with E-state index in [0.717, 1.165) is 17.7 Å². The smallest absolute Gasteiger partial charge is 0.316 e. The maximum Gasteiger partial charge on any atom is 0.316 e. The molecule has 2 aliphatic heterocycles. The van der Waals surface area contributed by atoms with Gasteiger partial charge in [-0.05, 0) is 72.9 Å². The minimum Gasteiger partial charge on any atom is -0.426 e. The van der Waals surface area contributed by atoms with Crippen molar-refractivity contribution in [3.63, 3.8) is 0 Å². The van der Waals surface area contributed by atoms with Gasteiger partial charge in [-0.3, -0.25) is 24.1 Å². The van der Waals surface area contributed by atoms with Crippen molar-refractivity contribution in [1.29, 1.82) is 0 Å². The van der Waals surface area contributed by atoms with E-state index < -0.39 is 11.9 Å². The molecule has 2 heterocycles. The molecule has 0 N–H and O–H groups in total.